The molecule has 0 saturated heterocycles. The lowest BCUT2D eigenvalue weighted by atomic mass is 9.61. The van der Waals surface area contributed by atoms with Crippen molar-refractivity contribution in [2.24, 2.45) is 35.5 Å². The summed E-state index contributed by atoms with van der Waals surface area (Å²) in [4.78, 5) is 12.5. The van der Waals surface area contributed by atoms with Crippen molar-refractivity contribution in [2.45, 2.75) is 60.3 Å². The van der Waals surface area contributed by atoms with Gasteiger partial charge < -0.3 is 0 Å². The predicted octanol–water partition coefficient (Wildman–Crippen LogP) is 5.42. The highest BCUT2D eigenvalue weighted by Gasteiger charge is 2.39. The van der Waals surface area contributed by atoms with E-state index in [2.05, 4.69) is 52.8 Å². The van der Waals surface area contributed by atoms with E-state index in [1.54, 1.807) is 0 Å². The van der Waals surface area contributed by atoms with Gasteiger partial charge in [0, 0.05) is 12.3 Å². The molecule has 3 unspecified atom stereocenters. The Morgan fingerprint density at radius 1 is 1.33 bits per heavy atom. The van der Waals surface area contributed by atoms with Gasteiger partial charge in [-0.1, -0.05) is 59.3 Å². The molecule has 2 rings (SSSR count). The number of carbonyl (C=O) groups is 1. The Hall–Kier alpha value is -0.850. The molecule has 0 amide bonds. The molecule has 0 fully saturated rings. The zero-order valence-corrected chi connectivity index (χ0v) is 14.4. The minimum Gasteiger partial charge on any atom is -0.299 e. The van der Waals surface area contributed by atoms with Crippen molar-refractivity contribution in [3.63, 3.8) is 0 Å². The molecule has 0 saturated carbocycles. The number of hydrogen-bond donors (Lipinski definition) is 0. The molecular formula is C20H32O. The molecule has 0 heterocycles. The topological polar surface area (TPSA) is 17.1 Å². The first-order valence-electron chi connectivity index (χ1n) is 8.90. The fourth-order valence-corrected chi connectivity index (χ4v) is 4.42. The van der Waals surface area contributed by atoms with Gasteiger partial charge in [0.2, 0.25) is 0 Å². The van der Waals surface area contributed by atoms with E-state index in [-0.39, 0.29) is 5.92 Å². The molecule has 21 heavy (non-hydrogen) atoms. The molecule has 6 atom stereocenters. The van der Waals surface area contributed by atoms with E-state index in [0.717, 1.165) is 12.8 Å². The Morgan fingerprint density at radius 3 is 2.67 bits per heavy atom. The zero-order chi connectivity index (χ0) is 15.6. The van der Waals surface area contributed by atoms with E-state index in [1.165, 1.54) is 18.4 Å². The summed E-state index contributed by atoms with van der Waals surface area (Å²) in [5.74, 6) is 3.84. The second-order valence-electron chi connectivity index (χ2n) is 7.44. The van der Waals surface area contributed by atoms with Crippen LogP contribution < -0.4 is 0 Å². The third kappa shape index (κ3) is 3.49. The standard InChI is InChI=1S/C20H32O/c1-6-14(4)19(21)12-17-11-13(3)10-16-9-8-15(5)18(7-2)20(16)17/h8-10,13-15,17-18,20H,6-7,11-12H2,1-5H3/t13-,14?,15?,17+,18-,20?/m0/s1. The van der Waals surface area contributed by atoms with Gasteiger partial charge in [-0.05, 0) is 48.0 Å². The molecule has 0 aromatic carbocycles. The lowest BCUT2D eigenvalue weighted by molar-refractivity contribution is -0.124. The second-order valence-corrected chi connectivity index (χ2v) is 7.44. The fraction of sp³-hybridized carbons (Fsp3) is 0.750. The Kier molecular flexibility index (Phi) is 5.46. The summed E-state index contributed by atoms with van der Waals surface area (Å²) in [7, 11) is 0. The van der Waals surface area contributed by atoms with Crippen LogP contribution in [0.15, 0.2) is 23.8 Å². The maximum atomic E-state index is 12.5. The summed E-state index contributed by atoms with van der Waals surface area (Å²) in [6, 6.07) is 0. The molecule has 2 aliphatic carbocycles. The quantitative estimate of drug-likeness (QED) is 0.660. The average Bonchev–Trinajstić information content (AvgIpc) is 2.46. The van der Waals surface area contributed by atoms with Crippen molar-refractivity contribution in [1.82, 2.24) is 0 Å². The monoisotopic (exact) mass is 288 g/mol. The van der Waals surface area contributed by atoms with Crippen LogP contribution in [0.5, 0.6) is 0 Å². The van der Waals surface area contributed by atoms with Crippen LogP contribution in [0, 0.1) is 35.5 Å². The second kappa shape index (κ2) is 6.94. The number of carbonyl (C=O) groups excluding carboxylic acids is 1. The predicted molar refractivity (Wildman–Crippen MR) is 90.0 cm³/mol. The number of rotatable bonds is 5. The summed E-state index contributed by atoms with van der Waals surface area (Å²) < 4.78 is 0. The van der Waals surface area contributed by atoms with E-state index < -0.39 is 0 Å². The zero-order valence-electron chi connectivity index (χ0n) is 14.4. The Labute approximate surface area is 130 Å². The first kappa shape index (κ1) is 16.5. The van der Waals surface area contributed by atoms with Gasteiger partial charge in [0.15, 0.2) is 0 Å². The molecule has 0 radical (unpaired) electrons. The maximum absolute atomic E-state index is 12.5. The van der Waals surface area contributed by atoms with Gasteiger partial charge in [-0.25, -0.2) is 0 Å². The third-order valence-electron chi connectivity index (χ3n) is 5.87. The molecule has 0 aliphatic heterocycles. The smallest absolute Gasteiger partial charge is 0.135 e. The molecule has 0 N–H and O–H groups in total. The number of Topliss-reactive ketones (excluding diaryl/α,β-unsaturated/α-hetero) is 1. The molecule has 118 valence electrons. The van der Waals surface area contributed by atoms with Crippen LogP contribution in [-0.2, 0) is 4.79 Å². The normalized spacial score (nSPS) is 36.8. The van der Waals surface area contributed by atoms with E-state index >= 15 is 0 Å². The summed E-state index contributed by atoms with van der Waals surface area (Å²) >= 11 is 0. The van der Waals surface area contributed by atoms with Crippen LogP contribution >= 0.6 is 0 Å². The highest BCUT2D eigenvalue weighted by atomic mass is 16.1. The molecule has 0 aromatic heterocycles. The van der Waals surface area contributed by atoms with Crippen LogP contribution in [0.2, 0.25) is 0 Å². The minimum absolute atomic E-state index is 0.228. The summed E-state index contributed by atoms with van der Waals surface area (Å²) in [5.41, 5.74) is 1.51. The van der Waals surface area contributed by atoms with Crippen LogP contribution in [0.1, 0.15) is 60.3 Å². The van der Waals surface area contributed by atoms with Crippen LogP contribution in [0.25, 0.3) is 0 Å². The van der Waals surface area contributed by atoms with E-state index in [0.29, 0.717) is 35.4 Å². The van der Waals surface area contributed by atoms with Crippen molar-refractivity contribution < 1.29 is 4.79 Å². The molecule has 0 spiro atoms. The lowest BCUT2D eigenvalue weighted by Crippen LogP contribution is -2.36. The van der Waals surface area contributed by atoms with Gasteiger partial charge in [-0.15, -0.1) is 0 Å². The lowest BCUT2D eigenvalue weighted by Gasteiger charge is -2.43. The van der Waals surface area contributed by atoms with Crippen molar-refractivity contribution in [3.8, 4) is 0 Å². The van der Waals surface area contributed by atoms with Gasteiger partial charge in [0.25, 0.3) is 0 Å². The average molecular weight is 288 g/mol. The Balaban J connectivity index is 2.23. The molecule has 0 bridgehead atoms. The largest absolute Gasteiger partial charge is 0.299 e. The number of hydrogen-bond acceptors (Lipinski definition) is 1. The van der Waals surface area contributed by atoms with Gasteiger partial charge in [-0.2, -0.15) is 0 Å². The highest BCUT2D eigenvalue weighted by molar-refractivity contribution is 5.81. The molecule has 2 aliphatic rings. The van der Waals surface area contributed by atoms with E-state index in [9.17, 15) is 4.79 Å². The molecule has 0 aromatic rings. The molecular weight excluding hydrogens is 256 g/mol. The Morgan fingerprint density at radius 2 is 2.05 bits per heavy atom. The molecule has 1 heteroatoms. The van der Waals surface area contributed by atoms with Crippen LogP contribution in [0.3, 0.4) is 0 Å². The van der Waals surface area contributed by atoms with Crippen molar-refractivity contribution in [2.75, 3.05) is 0 Å². The molecule has 1 nitrogen and oxygen atoms in total. The summed E-state index contributed by atoms with van der Waals surface area (Å²) in [6.07, 6.45) is 11.4. The van der Waals surface area contributed by atoms with Crippen molar-refractivity contribution in [3.05, 3.63) is 23.8 Å². The number of allylic oxidation sites excluding steroid dienone is 4. The highest BCUT2D eigenvalue weighted by Crippen LogP contribution is 2.47. The SMILES string of the molecule is CCC(C)C(=O)C[C@H]1C[C@@H](C)C=C2C=CC(C)[C@H](CC)C21. The van der Waals surface area contributed by atoms with Gasteiger partial charge in [0.1, 0.15) is 5.78 Å². The summed E-state index contributed by atoms with van der Waals surface area (Å²) in [5, 5.41) is 0. The van der Waals surface area contributed by atoms with Gasteiger partial charge in [0.05, 0.1) is 0 Å². The number of ketones is 1. The number of fused-ring (bicyclic) bond motifs is 1. The van der Waals surface area contributed by atoms with Crippen molar-refractivity contribution >= 4 is 5.78 Å². The minimum atomic E-state index is 0.228. The Bertz CT molecular complexity index is 431. The summed E-state index contributed by atoms with van der Waals surface area (Å²) in [6.45, 7) is 11.2. The van der Waals surface area contributed by atoms with Gasteiger partial charge >= 0.3 is 0 Å². The van der Waals surface area contributed by atoms with Crippen LogP contribution in [0.4, 0.5) is 0 Å². The van der Waals surface area contributed by atoms with Gasteiger partial charge in [-0.3, -0.25) is 4.79 Å². The first-order valence-corrected chi connectivity index (χ1v) is 8.90. The van der Waals surface area contributed by atoms with E-state index in [4.69, 9.17) is 0 Å². The maximum Gasteiger partial charge on any atom is 0.135 e. The van der Waals surface area contributed by atoms with E-state index in [1.807, 2.05) is 0 Å². The van der Waals surface area contributed by atoms with Crippen molar-refractivity contribution in [1.29, 1.82) is 0 Å². The fourth-order valence-electron chi connectivity index (χ4n) is 4.42. The van der Waals surface area contributed by atoms with Crippen LogP contribution in [-0.4, -0.2) is 5.78 Å². The third-order valence-corrected chi connectivity index (χ3v) is 5.87. The first-order chi connectivity index (χ1) is 9.97.